The number of carbonyl (C=O) groups is 1. The zero-order chi connectivity index (χ0) is 20.6. The summed E-state index contributed by atoms with van der Waals surface area (Å²) in [6.45, 7) is 8.31. The molecule has 3 aromatic rings. The fraction of sp³-hybridized carbons (Fsp3) is 0.364. The fourth-order valence-electron chi connectivity index (χ4n) is 3.49. The second-order valence-corrected chi connectivity index (χ2v) is 9.13. The molecule has 1 aliphatic rings. The second-order valence-electron chi connectivity index (χ2n) is 8.18. The van der Waals surface area contributed by atoms with Gasteiger partial charge in [-0.1, -0.05) is 6.07 Å². The first-order valence-electron chi connectivity index (χ1n) is 9.70. The molecule has 152 valence electrons. The summed E-state index contributed by atoms with van der Waals surface area (Å²) in [5, 5.41) is 5.56. The fourth-order valence-corrected chi connectivity index (χ4v) is 4.18. The molecular formula is C22H26N4O2S. The van der Waals surface area contributed by atoms with Crippen molar-refractivity contribution in [3.63, 3.8) is 0 Å². The number of hydrogen-bond acceptors (Lipinski definition) is 5. The van der Waals surface area contributed by atoms with Gasteiger partial charge in [-0.2, -0.15) is 0 Å². The van der Waals surface area contributed by atoms with Crippen molar-refractivity contribution in [1.82, 2.24) is 14.5 Å². The Labute approximate surface area is 175 Å². The van der Waals surface area contributed by atoms with E-state index in [9.17, 15) is 4.79 Å². The number of rotatable bonds is 4. The van der Waals surface area contributed by atoms with Gasteiger partial charge in [0, 0.05) is 24.2 Å². The number of carbonyl (C=O) groups excluding carboxylic acids is 1. The minimum absolute atomic E-state index is 0.0746. The summed E-state index contributed by atoms with van der Waals surface area (Å²) in [7, 11) is 1.66. The highest BCUT2D eigenvalue weighted by molar-refractivity contribution is 7.12. The number of anilines is 1. The lowest BCUT2D eigenvalue weighted by atomic mass is 10.1. The lowest BCUT2D eigenvalue weighted by Crippen LogP contribution is -2.39. The zero-order valence-corrected chi connectivity index (χ0v) is 18.0. The van der Waals surface area contributed by atoms with Gasteiger partial charge in [-0.3, -0.25) is 4.79 Å². The van der Waals surface area contributed by atoms with Gasteiger partial charge in [-0.25, -0.2) is 4.98 Å². The SMILES string of the molecule is COc1ccc(-c2nc3n(c2NC(C)(C)C)CCN(C(=O)c2cccs2)C3)cc1. The molecule has 4 rings (SSSR count). The third-order valence-electron chi connectivity index (χ3n) is 4.85. The van der Waals surface area contributed by atoms with Crippen LogP contribution < -0.4 is 10.1 Å². The summed E-state index contributed by atoms with van der Waals surface area (Å²) in [5.74, 6) is 2.79. The van der Waals surface area contributed by atoms with Crippen molar-refractivity contribution in [1.29, 1.82) is 0 Å². The largest absolute Gasteiger partial charge is 0.497 e. The first kappa shape index (κ1) is 19.5. The molecule has 1 aliphatic heterocycles. The molecule has 0 atom stereocenters. The Bertz CT molecular complexity index is 1000. The van der Waals surface area contributed by atoms with Crippen LogP contribution in [0.3, 0.4) is 0 Å². The molecule has 0 spiro atoms. The van der Waals surface area contributed by atoms with E-state index in [4.69, 9.17) is 9.72 Å². The highest BCUT2D eigenvalue weighted by Gasteiger charge is 2.29. The molecule has 0 bridgehead atoms. The van der Waals surface area contributed by atoms with E-state index in [1.165, 1.54) is 11.3 Å². The van der Waals surface area contributed by atoms with Crippen LogP contribution >= 0.6 is 11.3 Å². The Hall–Kier alpha value is -2.80. The second kappa shape index (κ2) is 7.55. The maximum atomic E-state index is 12.8. The molecule has 0 saturated carbocycles. The molecule has 1 amide bonds. The molecule has 0 fully saturated rings. The Morgan fingerprint density at radius 1 is 1.17 bits per heavy atom. The van der Waals surface area contributed by atoms with E-state index in [-0.39, 0.29) is 11.4 Å². The van der Waals surface area contributed by atoms with Gasteiger partial charge in [0.05, 0.1) is 18.5 Å². The minimum Gasteiger partial charge on any atom is -0.497 e. The van der Waals surface area contributed by atoms with Crippen molar-refractivity contribution in [2.45, 2.75) is 39.4 Å². The highest BCUT2D eigenvalue weighted by Crippen LogP contribution is 2.34. The molecule has 29 heavy (non-hydrogen) atoms. The van der Waals surface area contributed by atoms with E-state index in [1.807, 2.05) is 46.7 Å². The molecule has 6 nitrogen and oxygen atoms in total. The first-order valence-corrected chi connectivity index (χ1v) is 10.6. The summed E-state index contributed by atoms with van der Waals surface area (Å²) in [4.78, 5) is 20.4. The number of aromatic nitrogens is 2. The number of thiophene rings is 1. The van der Waals surface area contributed by atoms with E-state index in [0.29, 0.717) is 19.6 Å². The maximum absolute atomic E-state index is 12.8. The molecule has 0 aliphatic carbocycles. The van der Waals surface area contributed by atoms with Crippen molar-refractivity contribution in [3.8, 4) is 17.0 Å². The predicted octanol–water partition coefficient (Wildman–Crippen LogP) is 4.49. The topological polar surface area (TPSA) is 59.4 Å². The number of nitrogens with zero attached hydrogens (tertiary/aromatic N) is 3. The number of nitrogens with one attached hydrogen (secondary N) is 1. The van der Waals surface area contributed by atoms with Crippen LogP contribution in [-0.4, -0.2) is 39.6 Å². The number of imidazole rings is 1. The maximum Gasteiger partial charge on any atom is 0.264 e. The van der Waals surface area contributed by atoms with Crippen LogP contribution in [0.25, 0.3) is 11.3 Å². The quantitative estimate of drug-likeness (QED) is 0.689. The molecule has 0 unspecified atom stereocenters. The Balaban J connectivity index is 1.70. The van der Waals surface area contributed by atoms with Gasteiger partial charge >= 0.3 is 0 Å². The predicted molar refractivity (Wildman–Crippen MR) is 117 cm³/mol. The molecule has 7 heteroatoms. The Morgan fingerprint density at radius 3 is 2.55 bits per heavy atom. The van der Waals surface area contributed by atoms with E-state index in [0.717, 1.165) is 33.5 Å². The number of methoxy groups -OCH3 is 1. The summed E-state index contributed by atoms with van der Waals surface area (Å²) in [6.07, 6.45) is 0. The molecule has 0 saturated heterocycles. The van der Waals surface area contributed by atoms with Crippen LogP contribution in [-0.2, 0) is 13.1 Å². The average Bonchev–Trinajstić information content (AvgIpc) is 3.35. The number of ether oxygens (including phenoxy) is 1. The van der Waals surface area contributed by atoms with Crippen molar-refractivity contribution in [2.75, 3.05) is 19.0 Å². The van der Waals surface area contributed by atoms with E-state index >= 15 is 0 Å². The van der Waals surface area contributed by atoms with Crippen LogP contribution in [0.1, 0.15) is 36.3 Å². The molecule has 0 radical (unpaired) electrons. The minimum atomic E-state index is -0.109. The van der Waals surface area contributed by atoms with E-state index in [1.54, 1.807) is 7.11 Å². The van der Waals surface area contributed by atoms with Crippen LogP contribution in [0.2, 0.25) is 0 Å². The van der Waals surface area contributed by atoms with Crippen LogP contribution in [0.15, 0.2) is 41.8 Å². The number of hydrogen-bond donors (Lipinski definition) is 1. The van der Waals surface area contributed by atoms with Crippen molar-refractivity contribution in [3.05, 3.63) is 52.5 Å². The monoisotopic (exact) mass is 410 g/mol. The molecular weight excluding hydrogens is 384 g/mol. The molecule has 3 heterocycles. The highest BCUT2D eigenvalue weighted by atomic mass is 32.1. The van der Waals surface area contributed by atoms with E-state index < -0.39 is 0 Å². The molecule has 1 aromatic carbocycles. The number of benzene rings is 1. The average molecular weight is 411 g/mol. The van der Waals surface area contributed by atoms with Crippen molar-refractivity contribution >= 4 is 23.1 Å². The smallest absolute Gasteiger partial charge is 0.264 e. The third kappa shape index (κ3) is 4.00. The summed E-state index contributed by atoms with van der Waals surface area (Å²) < 4.78 is 7.50. The normalized spacial score (nSPS) is 13.9. The van der Waals surface area contributed by atoms with Crippen LogP contribution in [0.5, 0.6) is 5.75 Å². The number of fused-ring (bicyclic) bond motifs is 1. The lowest BCUT2D eigenvalue weighted by molar-refractivity contribution is 0.0713. The van der Waals surface area contributed by atoms with Gasteiger partial charge in [0.2, 0.25) is 0 Å². The van der Waals surface area contributed by atoms with Gasteiger partial charge in [0.15, 0.2) is 0 Å². The first-order chi connectivity index (χ1) is 13.9. The molecule has 2 aromatic heterocycles. The number of amides is 1. The third-order valence-corrected chi connectivity index (χ3v) is 5.71. The van der Waals surface area contributed by atoms with Gasteiger partial charge in [-0.05, 0) is 56.5 Å². The standard InChI is InChI=1S/C22H26N4O2S/c1-22(2,3)24-20-19(15-7-9-16(28-4)10-8-15)23-18-14-25(11-12-26(18)20)21(27)17-6-5-13-29-17/h5-10,13,24H,11-12,14H2,1-4H3. The summed E-state index contributed by atoms with van der Waals surface area (Å²) >= 11 is 1.48. The van der Waals surface area contributed by atoms with Gasteiger partial charge in [-0.15, -0.1) is 11.3 Å². The summed E-state index contributed by atoms with van der Waals surface area (Å²) in [6, 6.07) is 11.7. The molecule has 1 N–H and O–H groups in total. The summed E-state index contributed by atoms with van der Waals surface area (Å²) in [5.41, 5.74) is 1.82. The lowest BCUT2D eigenvalue weighted by Gasteiger charge is -2.30. The van der Waals surface area contributed by atoms with Crippen molar-refractivity contribution < 1.29 is 9.53 Å². The van der Waals surface area contributed by atoms with Crippen molar-refractivity contribution in [2.24, 2.45) is 0 Å². The Kier molecular flexibility index (Phi) is 5.08. The van der Waals surface area contributed by atoms with Crippen LogP contribution in [0.4, 0.5) is 5.82 Å². The van der Waals surface area contributed by atoms with Gasteiger partial charge in [0.1, 0.15) is 23.1 Å². The van der Waals surface area contributed by atoms with Gasteiger partial charge < -0.3 is 19.5 Å². The Morgan fingerprint density at radius 2 is 1.93 bits per heavy atom. The van der Waals surface area contributed by atoms with E-state index in [2.05, 4.69) is 30.7 Å². The van der Waals surface area contributed by atoms with Gasteiger partial charge in [0.25, 0.3) is 5.91 Å². The van der Waals surface area contributed by atoms with Crippen LogP contribution in [0, 0.1) is 0 Å². The zero-order valence-electron chi connectivity index (χ0n) is 17.2.